The lowest BCUT2D eigenvalue weighted by molar-refractivity contribution is -0.136. The number of benzene rings is 3. The van der Waals surface area contributed by atoms with Crippen LogP contribution in [0.5, 0.6) is 0 Å². The van der Waals surface area contributed by atoms with Gasteiger partial charge in [0.2, 0.25) is 9.84 Å². The summed E-state index contributed by atoms with van der Waals surface area (Å²) in [5, 5.41) is 0. The average molecular weight is 545 g/mol. The third-order valence-electron chi connectivity index (χ3n) is 6.17. The molecule has 9 heteroatoms. The largest absolute Gasteiger partial charge is 0.463 e. The number of aromatic nitrogens is 1. The van der Waals surface area contributed by atoms with E-state index < -0.39 is 27.3 Å². The highest BCUT2D eigenvalue weighted by Gasteiger charge is 2.42. The fourth-order valence-electron chi connectivity index (χ4n) is 4.49. The second-order valence-corrected chi connectivity index (χ2v) is 11.5. The van der Waals surface area contributed by atoms with E-state index in [1.54, 1.807) is 61.5 Å². The number of nitrogens with two attached hydrogens (primary N) is 1. The van der Waals surface area contributed by atoms with Crippen LogP contribution in [0.4, 0.5) is 0 Å². The van der Waals surface area contributed by atoms with E-state index in [2.05, 4.69) is 0 Å². The summed E-state index contributed by atoms with van der Waals surface area (Å²) >= 11 is 1.08. The van der Waals surface area contributed by atoms with Crippen molar-refractivity contribution in [2.75, 3.05) is 6.61 Å². The summed E-state index contributed by atoms with van der Waals surface area (Å²) < 4.78 is 35.3. The van der Waals surface area contributed by atoms with Gasteiger partial charge in [-0.15, -0.1) is 11.3 Å². The predicted molar refractivity (Wildman–Crippen MR) is 148 cm³/mol. The van der Waals surface area contributed by atoms with Crippen molar-refractivity contribution in [1.82, 2.24) is 4.57 Å². The van der Waals surface area contributed by atoms with Gasteiger partial charge in [-0.1, -0.05) is 78.9 Å². The Balaban J connectivity index is 1.93. The lowest BCUT2D eigenvalue weighted by Gasteiger charge is -2.28. The van der Waals surface area contributed by atoms with Crippen molar-refractivity contribution in [2.24, 2.45) is 5.73 Å². The van der Waals surface area contributed by atoms with Crippen LogP contribution in [0.3, 0.4) is 0 Å². The van der Waals surface area contributed by atoms with Gasteiger partial charge in [0.1, 0.15) is 15.4 Å². The van der Waals surface area contributed by atoms with E-state index >= 15 is 0 Å². The molecule has 2 N–H and O–H groups in total. The molecule has 0 spiro atoms. The van der Waals surface area contributed by atoms with Gasteiger partial charge >= 0.3 is 5.97 Å². The molecule has 0 saturated carbocycles. The van der Waals surface area contributed by atoms with Crippen molar-refractivity contribution < 1.29 is 17.9 Å². The number of ether oxygens (including phenoxy) is 1. The molecule has 0 aliphatic carbocycles. The second-order valence-electron chi connectivity index (χ2n) is 8.51. The Morgan fingerprint density at radius 2 is 1.55 bits per heavy atom. The summed E-state index contributed by atoms with van der Waals surface area (Å²) in [4.78, 5) is 26.9. The maximum atomic E-state index is 14.1. The van der Waals surface area contributed by atoms with Crippen LogP contribution in [-0.4, -0.2) is 25.6 Å². The molecule has 4 aromatic rings. The van der Waals surface area contributed by atoms with Crippen LogP contribution in [0.25, 0.3) is 17.5 Å². The Bertz CT molecular complexity index is 1820. The average Bonchev–Trinajstić information content (AvgIpc) is 3.25. The van der Waals surface area contributed by atoms with Gasteiger partial charge in [-0.2, -0.15) is 0 Å². The number of thiazole rings is 1. The normalized spacial score (nSPS) is 15.9. The number of hydrogen-bond donors (Lipinski definition) is 1. The highest BCUT2D eigenvalue weighted by Crippen LogP contribution is 2.42. The molecular formula is C29H24N2O5S2. The minimum Gasteiger partial charge on any atom is -0.463 e. The molecule has 7 nitrogen and oxygen atoms in total. The molecule has 2 heterocycles. The lowest BCUT2D eigenvalue weighted by atomic mass is 9.89. The molecule has 3 aromatic carbocycles. The van der Waals surface area contributed by atoms with Gasteiger partial charge in [-0.25, -0.2) is 13.2 Å². The number of nitrogens with zero attached hydrogens (tertiary/aromatic N) is 1. The van der Waals surface area contributed by atoms with Crippen LogP contribution in [0.15, 0.2) is 106 Å². The Kier molecular flexibility index (Phi) is 6.88. The summed E-state index contributed by atoms with van der Waals surface area (Å²) in [7, 11) is -4.24. The second kappa shape index (κ2) is 10.3. The van der Waals surface area contributed by atoms with Crippen molar-refractivity contribution in [3.05, 3.63) is 127 Å². The molecule has 1 atom stereocenters. The van der Waals surface area contributed by atoms with Gasteiger partial charge in [0.15, 0.2) is 0 Å². The summed E-state index contributed by atoms with van der Waals surface area (Å²) in [6, 6.07) is 25.8. The number of hydrogen-bond acceptors (Lipinski definition) is 7. The minimum atomic E-state index is -4.24. The van der Waals surface area contributed by atoms with Crippen molar-refractivity contribution in [1.29, 1.82) is 0 Å². The van der Waals surface area contributed by atoms with E-state index in [1.807, 2.05) is 30.3 Å². The molecule has 0 amide bonds. The van der Waals surface area contributed by atoms with E-state index in [1.165, 1.54) is 12.1 Å². The maximum Gasteiger partial charge on any atom is 0.338 e. The van der Waals surface area contributed by atoms with Gasteiger partial charge in [-0.05, 0) is 36.3 Å². The smallest absolute Gasteiger partial charge is 0.338 e. The maximum absolute atomic E-state index is 14.1. The first-order valence-electron chi connectivity index (χ1n) is 11.9. The number of rotatable bonds is 6. The highest BCUT2D eigenvalue weighted by atomic mass is 32.2. The standard InChI is InChI=1S/C29H24N2O5S2/c1-2-36-29(33)24-23(20-14-8-4-9-15-20)25(38(34,35)21-16-10-5-11-17-21)26(30)31-27(32)22(37-28(24)31)18-19-12-6-3-7-13-19/h3-18,23H,2,30H2,1H3/b22-18+. The predicted octanol–water partition coefficient (Wildman–Crippen LogP) is 2.81. The van der Waals surface area contributed by atoms with E-state index in [4.69, 9.17) is 10.5 Å². The Hall–Kier alpha value is -4.21. The van der Waals surface area contributed by atoms with Gasteiger partial charge in [-0.3, -0.25) is 9.36 Å². The van der Waals surface area contributed by atoms with Crippen LogP contribution in [0, 0.1) is 0 Å². The molecule has 0 bridgehead atoms. The molecule has 0 saturated heterocycles. The third kappa shape index (κ3) is 4.40. The summed E-state index contributed by atoms with van der Waals surface area (Å²) in [6.07, 6.45) is 1.69. The number of fused-ring (bicyclic) bond motifs is 1. The van der Waals surface area contributed by atoms with Crippen molar-refractivity contribution >= 4 is 44.6 Å². The molecule has 1 aliphatic rings. The van der Waals surface area contributed by atoms with Crippen molar-refractivity contribution in [2.45, 2.75) is 17.7 Å². The molecule has 0 fully saturated rings. The van der Waals surface area contributed by atoms with Crippen LogP contribution in [0.1, 0.15) is 24.0 Å². The lowest BCUT2D eigenvalue weighted by Crippen LogP contribution is -2.41. The molecule has 0 radical (unpaired) electrons. The van der Waals surface area contributed by atoms with Gasteiger partial charge < -0.3 is 10.5 Å². The summed E-state index contributed by atoms with van der Waals surface area (Å²) in [6.45, 7) is 1.74. The van der Waals surface area contributed by atoms with E-state index in [-0.39, 0.29) is 32.5 Å². The number of carbonyl (C=O) groups excluding carboxylic acids is 1. The van der Waals surface area contributed by atoms with E-state index in [0.717, 1.165) is 21.5 Å². The Labute approximate surface area is 223 Å². The van der Waals surface area contributed by atoms with Crippen LogP contribution in [0.2, 0.25) is 0 Å². The van der Waals surface area contributed by atoms with Crippen LogP contribution < -0.4 is 20.5 Å². The van der Waals surface area contributed by atoms with Gasteiger partial charge in [0.25, 0.3) is 5.56 Å². The Morgan fingerprint density at radius 1 is 0.974 bits per heavy atom. The number of carbonyl (C=O) groups is 1. The molecule has 1 aromatic heterocycles. The van der Waals surface area contributed by atoms with Crippen LogP contribution in [-0.2, 0) is 19.4 Å². The molecule has 1 unspecified atom stereocenters. The Morgan fingerprint density at radius 3 is 2.16 bits per heavy atom. The zero-order valence-electron chi connectivity index (χ0n) is 20.4. The van der Waals surface area contributed by atoms with E-state index in [0.29, 0.717) is 10.1 Å². The van der Waals surface area contributed by atoms with Gasteiger partial charge in [0, 0.05) is 0 Å². The number of allylic oxidation sites excluding steroid dienone is 1. The molecule has 1 aliphatic heterocycles. The SMILES string of the molecule is CCOC(=O)C1=c2s/c(=C/c3ccccc3)c(=O)n2C(N)=C(S(=O)(=O)c2ccccc2)C1c1ccccc1. The first kappa shape index (κ1) is 25.4. The van der Waals surface area contributed by atoms with Crippen LogP contribution >= 0.6 is 11.3 Å². The van der Waals surface area contributed by atoms with Gasteiger partial charge in [0.05, 0.1) is 27.5 Å². The van der Waals surface area contributed by atoms with E-state index in [9.17, 15) is 18.0 Å². The van der Waals surface area contributed by atoms with Crippen molar-refractivity contribution in [3.8, 4) is 0 Å². The summed E-state index contributed by atoms with van der Waals surface area (Å²) in [5.41, 5.74) is 7.43. The first-order chi connectivity index (χ1) is 18.3. The number of sulfone groups is 1. The molecule has 38 heavy (non-hydrogen) atoms. The monoisotopic (exact) mass is 544 g/mol. The zero-order chi connectivity index (χ0) is 26.9. The minimum absolute atomic E-state index is 0.00453. The van der Waals surface area contributed by atoms with Crippen molar-refractivity contribution in [3.63, 3.8) is 0 Å². The number of esters is 1. The quantitative estimate of drug-likeness (QED) is 0.374. The highest BCUT2D eigenvalue weighted by molar-refractivity contribution is 7.95. The third-order valence-corrected chi connectivity index (χ3v) is 9.19. The molecule has 5 rings (SSSR count). The fourth-order valence-corrected chi connectivity index (χ4v) is 7.36. The summed E-state index contributed by atoms with van der Waals surface area (Å²) in [5.74, 6) is -2.03. The molecular weight excluding hydrogens is 520 g/mol. The fraction of sp³-hybridized carbons (Fsp3) is 0.103. The molecule has 192 valence electrons. The topological polar surface area (TPSA) is 108 Å². The first-order valence-corrected chi connectivity index (χ1v) is 14.2. The zero-order valence-corrected chi connectivity index (χ0v) is 22.0.